The van der Waals surface area contributed by atoms with Gasteiger partial charge >= 0.3 is 0 Å². The molecule has 0 bridgehead atoms. The fourth-order valence-corrected chi connectivity index (χ4v) is 1.97. The molecule has 0 radical (unpaired) electrons. The van der Waals surface area contributed by atoms with Crippen molar-refractivity contribution in [3.63, 3.8) is 0 Å². The molecule has 1 fully saturated rings. The van der Waals surface area contributed by atoms with E-state index in [0.29, 0.717) is 31.6 Å². The summed E-state index contributed by atoms with van der Waals surface area (Å²) in [5.41, 5.74) is 5.57. The van der Waals surface area contributed by atoms with E-state index in [-0.39, 0.29) is 17.7 Å². The highest BCUT2D eigenvalue weighted by Crippen LogP contribution is 2.17. The van der Waals surface area contributed by atoms with Crippen molar-refractivity contribution < 1.29 is 9.59 Å². The molecule has 1 saturated heterocycles. The number of nitrogens with two attached hydrogens (primary N) is 1. The minimum Gasteiger partial charge on any atom is -0.369 e. The standard InChI is InChI=1S/C10H15N5O2/c1-14-6-8(12-13-14)10(17)15-4-2-7(3-5-15)9(11)16/h6-7H,2-5H2,1H3,(H2,11,16). The lowest BCUT2D eigenvalue weighted by Gasteiger charge is -2.29. The molecule has 0 atom stereocenters. The van der Waals surface area contributed by atoms with Crippen molar-refractivity contribution in [3.8, 4) is 0 Å². The Hall–Kier alpha value is -1.92. The lowest BCUT2D eigenvalue weighted by Crippen LogP contribution is -2.41. The Morgan fingerprint density at radius 2 is 2.06 bits per heavy atom. The van der Waals surface area contributed by atoms with Crippen LogP contribution in [0.15, 0.2) is 6.20 Å². The van der Waals surface area contributed by atoms with Crippen LogP contribution in [0.2, 0.25) is 0 Å². The second-order valence-corrected chi connectivity index (χ2v) is 4.25. The molecule has 7 nitrogen and oxygen atoms in total. The number of amides is 2. The van der Waals surface area contributed by atoms with Crippen LogP contribution < -0.4 is 5.73 Å². The summed E-state index contributed by atoms with van der Waals surface area (Å²) in [6.07, 6.45) is 2.84. The molecular formula is C10H15N5O2. The van der Waals surface area contributed by atoms with Crippen LogP contribution >= 0.6 is 0 Å². The first-order valence-electron chi connectivity index (χ1n) is 5.53. The van der Waals surface area contributed by atoms with E-state index in [4.69, 9.17) is 5.73 Å². The molecule has 0 spiro atoms. The fourth-order valence-electron chi connectivity index (χ4n) is 1.97. The van der Waals surface area contributed by atoms with Crippen molar-refractivity contribution in [2.75, 3.05) is 13.1 Å². The maximum atomic E-state index is 12.0. The Kier molecular flexibility index (Phi) is 3.08. The van der Waals surface area contributed by atoms with E-state index in [1.165, 1.54) is 4.68 Å². The maximum Gasteiger partial charge on any atom is 0.276 e. The van der Waals surface area contributed by atoms with Gasteiger partial charge in [-0.1, -0.05) is 5.21 Å². The maximum absolute atomic E-state index is 12.0. The molecule has 92 valence electrons. The third-order valence-electron chi connectivity index (χ3n) is 3.01. The van der Waals surface area contributed by atoms with Gasteiger partial charge in [-0.05, 0) is 12.8 Å². The average Bonchev–Trinajstić information content (AvgIpc) is 2.75. The van der Waals surface area contributed by atoms with Crippen molar-refractivity contribution in [1.82, 2.24) is 19.9 Å². The first-order chi connectivity index (χ1) is 8.08. The molecule has 2 N–H and O–H groups in total. The van der Waals surface area contributed by atoms with E-state index in [0.717, 1.165) is 0 Å². The van der Waals surface area contributed by atoms with Crippen LogP contribution in [0.3, 0.4) is 0 Å². The largest absolute Gasteiger partial charge is 0.369 e. The Morgan fingerprint density at radius 3 is 2.53 bits per heavy atom. The second kappa shape index (κ2) is 4.52. The number of aromatic nitrogens is 3. The third-order valence-corrected chi connectivity index (χ3v) is 3.01. The van der Waals surface area contributed by atoms with Gasteiger partial charge in [0.25, 0.3) is 5.91 Å². The Bertz CT molecular complexity index is 434. The van der Waals surface area contributed by atoms with E-state index in [1.54, 1.807) is 18.1 Å². The van der Waals surface area contributed by atoms with E-state index in [9.17, 15) is 9.59 Å². The molecule has 0 aromatic carbocycles. The van der Waals surface area contributed by atoms with Gasteiger partial charge in [-0.3, -0.25) is 14.3 Å². The number of piperidine rings is 1. The van der Waals surface area contributed by atoms with E-state index >= 15 is 0 Å². The van der Waals surface area contributed by atoms with Crippen molar-refractivity contribution in [2.45, 2.75) is 12.8 Å². The monoisotopic (exact) mass is 237 g/mol. The topological polar surface area (TPSA) is 94.1 Å². The van der Waals surface area contributed by atoms with Crippen LogP contribution in [0.5, 0.6) is 0 Å². The molecule has 1 aliphatic heterocycles. The van der Waals surface area contributed by atoms with Crippen LogP contribution in [-0.4, -0.2) is 44.8 Å². The highest BCUT2D eigenvalue weighted by atomic mass is 16.2. The number of carbonyl (C=O) groups is 2. The second-order valence-electron chi connectivity index (χ2n) is 4.25. The fraction of sp³-hybridized carbons (Fsp3) is 0.600. The van der Waals surface area contributed by atoms with Crippen LogP contribution in [-0.2, 0) is 11.8 Å². The van der Waals surface area contributed by atoms with Gasteiger partial charge in [0.15, 0.2) is 5.69 Å². The summed E-state index contributed by atoms with van der Waals surface area (Å²) in [6, 6.07) is 0. The predicted molar refractivity (Wildman–Crippen MR) is 58.8 cm³/mol. The van der Waals surface area contributed by atoms with Crippen LogP contribution in [0.1, 0.15) is 23.3 Å². The number of primary amides is 1. The summed E-state index contributed by atoms with van der Waals surface area (Å²) in [7, 11) is 1.71. The summed E-state index contributed by atoms with van der Waals surface area (Å²) in [6.45, 7) is 1.09. The number of rotatable bonds is 2. The quantitative estimate of drug-likeness (QED) is 0.725. The van der Waals surface area contributed by atoms with E-state index in [2.05, 4.69) is 10.3 Å². The molecule has 2 heterocycles. The number of hydrogen-bond acceptors (Lipinski definition) is 4. The summed E-state index contributed by atoms with van der Waals surface area (Å²) in [5.74, 6) is -0.529. The van der Waals surface area contributed by atoms with Crippen molar-refractivity contribution in [2.24, 2.45) is 18.7 Å². The number of aryl methyl sites for hydroxylation is 1. The lowest BCUT2D eigenvalue weighted by atomic mass is 9.96. The van der Waals surface area contributed by atoms with Gasteiger partial charge in [-0.2, -0.15) is 0 Å². The summed E-state index contributed by atoms with van der Waals surface area (Å²) in [4.78, 5) is 24.7. The minimum absolute atomic E-state index is 0.110. The lowest BCUT2D eigenvalue weighted by molar-refractivity contribution is -0.123. The summed E-state index contributed by atoms with van der Waals surface area (Å²) in [5, 5.41) is 7.50. The van der Waals surface area contributed by atoms with E-state index < -0.39 is 0 Å². The molecule has 2 rings (SSSR count). The molecule has 0 unspecified atom stereocenters. The predicted octanol–water partition coefficient (Wildman–Crippen LogP) is -0.847. The summed E-state index contributed by atoms with van der Waals surface area (Å²) < 4.78 is 1.49. The highest BCUT2D eigenvalue weighted by molar-refractivity contribution is 5.92. The molecule has 7 heteroatoms. The SMILES string of the molecule is Cn1cc(C(=O)N2CCC(C(N)=O)CC2)nn1. The summed E-state index contributed by atoms with van der Waals surface area (Å²) >= 11 is 0. The van der Waals surface area contributed by atoms with Gasteiger partial charge in [-0.25, -0.2) is 0 Å². The molecule has 17 heavy (non-hydrogen) atoms. The molecule has 1 aromatic rings. The van der Waals surface area contributed by atoms with Gasteiger partial charge in [0.2, 0.25) is 5.91 Å². The van der Waals surface area contributed by atoms with Gasteiger partial charge in [0.05, 0.1) is 6.20 Å². The Labute approximate surface area is 98.6 Å². The number of likely N-dealkylation sites (tertiary alicyclic amines) is 1. The Morgan fingerprint density at radius 1 is 1.41 bits per heavy atom. The van der Waals surface area contributed by atoms with Gasteiger partial charge < -0.3 is 10.6 Å². The van der Waals surface area contributed by atoms with Gasteiger partial charge in [0.1, 0.15) is 0 Å². The number of hydrogen-bond donors (Lipinski definition) is 1. The van der Waals surface area contributed by atoms with Crippen molar-refractivity contribution >= 4 is 11.8 Å². The van der Waals surface area contributed by atoms with E-state index in [1.807, 2.05) is 0 Å². The highest BCUT2D eigenvalue weighted by Gasteiger charge is 2.27. The molecule has 1 aromatic heterocycles. The molecular weight excluding hydrogens is 222 g/mol. The zero-order valence-corrected chi connectivity index (χ0v) is 9.67. The number of carbonyl (C=O) groups excluding carboxylic acids is 2. The van der Waals surface area contributed by atoms with Crippen LogP contribution in [0.25, 0.3) is 0 Å². The third kappa shape index (κ3) is 2.43. The first kappa shape index (κ1) is 11.6. The van der Waals surface area contributed by atoms with Crippen LogP contribution in [0, 0.1) is 5.92 Å². The zero-order valence-electron chi connectivity index (χ0n) is 9.67. The van der Waals surface area contributed by atoms with Crippen molar-refractivity contribution in [1.29, 1.82) is 0 Å². The molecule has 2 amide bonds. The molecule has 1 aliphatic rings. The smallest absolute Gasteiger partial charge is 0.276 e. The first-order valence-corrected chi connectivity index (χ1v) is 5.53. The zero-order chi connectivity index (χ0) is 12.4. The minimum atomic E-state index is -0.281. The normalized spacial score (nSPS) is 17.1. The Balaban J connectivity index is 1.97. The van der Waals surface area contributed by atoms with Gasteiger partial charge in [-0.15, -0.1) is 5.10 Å². The average molecular weight is 237 g/mol. The van der Waals surface area contributed by atoms with Gasteiger partial charge in [0, 0.05) is 26.1 Å². The van der Waals surface area contributed by atoms with Crippen LogP contribution in [0.4, 0.5) is 0 Å². The molecule has 0 aliphatic carbocycles. The van der Waals surface area contributed by atoms with Crippen molar-refractivity contribution in [3.05, 3.63) is 11.9 Å². The molecule has 0 saturated carbocycles. The number of nitrogens with zero attached hydrogens (tertiary/aromatic N) is 4.